The summed E-state index contributed by atoms with van der Waals surface area (Å²) in [6.45, 7) is 0. The van der Waals surface area contributed by atoms with Crippen LogP contribution in [0.1, 0.15) is 5.56 Å². The van der Waals surface area contributed by atoms with E-state index in [1.165, 1.54) is 11.8 Å². The third-order valence-electron chi connectivity index (χ3n) is 2.41. The topological polar surface area (TPSA) is 62.7 Å². The van der Waals surface area contributed by atoms with Crippen LogP contribution in [0.5, 0.6) is 0 Å². The minimum absolute atomic E-state index is 0.290. The second kappa shape index (κ2) is 4.89. The fourth-order valence-corrected chi connectivity index (χ4v) is 2.15. The first-order chi connectivity index (χ1) is 8.26. The smallest absolute Gasteiger partial charge is 0.143 e. The molecule has 0 bridgehead atoms. The van der Waals surface area contributed by atoms with Gasteiger partial charge in [-0.1, -0.05) is 30.3 Å². The lowest BCUT2D eigenvalue weighted by atomic mass is 10.1. The first-order valence-electron chi connectivity index (χ1n) is 5.06. The summed E-state index contributed by atoms with van der Waals surface area (Å²) in [5.41, 5.74) is 8.05. The molecule has 2 aromatic rings. The number of rotatable bonds is 2. The van der Waals surface area contributed by atoms with Gasteiger partial charge in [0.2, 0.25) is 0 Å². The minimum Gasteiger partial charge on any atom is -0.383 e. The highest BCUT2D eigenvalue weighted by atomic mass is 32.2. The predicted octanol–water partition coefficient (Wildman–Crippen LogP) is 2.92. The molecule has 1 aromatic heterocycles. The van der Waals surface area contributed by atoms with Crippen molar-refractivity contribution >= 4 is 17.6 Å². The van der Waals surface area contributed by atoms with E-state index in [0.717, 1.165) is 16.2 Å². The Hall–Kier alpha value is -1.99. The average molecular weight is 241 g/mol. The van der Waals surface area contributed by atoms with Crippen molar-refractivity contribution in [1.29, 1.82) is 5.26 Å². The van der Waals surface area contributed by atoms with Gasteiger partial charge in [-0.15, -0.1) is 11.8 Å². The Labute approximate surface area is 104 Å². The van der Waals surface area contributed by atoms with E-state index >= 15 is 0 Å². The molecular formula is C13H11N3S. The Morgan fingerprint density at radius 1 is 1.29 bits per heavy atom. The Balaban J connectivity index is 2.59. The van der Waals surface area contributed by atoms with Crippen LogP contribution in [0.15, 0.2) is 41.3 Å². The normalized spacial score (nSPS) is 9.88. The van der Waals surface area contributed by atoms with Gasteiger partial charge in [-0.25, -0.2) is 4.98 Å². The van der Waals surface area contributed by atoms with Crippen molar-refractivity contribution in [2.75, 3.05) is 12.0 Å². The molecule has 0 unspecified atom stereocenters. The highest BCUT2D eigenvalue weighted by Crippen LogP contribution is 2.28. The number of thioether (sulfide) groups is 1. The molecule has 1 aromatic carbocycles. The number of nitriles is 1. The zero-order valence-electron chi connectivity index (χ0n) is 9.34. The lowest BCUT2D eigenvalue weighted by molar-refractivity contribution is 1.24. The van der Waals surface area contributed by atoms with E-state index in [9.17, 15) is 0 Å². The zero-order valence-corrected chi connectivity index (χ0v) is 10.2. The number of aromatic nitrogens is 1. The van der Waals surface area contributed by atoms with Crippen molar-refractivity contribution in [2.24, 2.45) is 0 Å². The van der Waals surface area contributed by atoms with Crippen LogP contribution in [-0.2, 0) is 0 Å². The van der Waals surface area contributed by atoms with Crippen LogP contribution in [0.2, 0.25) is 0 Å². The molecule has 4 heteroatoms. The van der Waals surface area contributed by atoms with Crippen LogP contribution in [0, 0.1) is 11.3 Å². The summed E-state index contributed by atoms with van der Waals surface area (Å²) in [6.07, 6.45) is 1.92. The summed E-state index contributed by atoms with van der Waals surface area (Å²) in [7, 11) is 0. The number of benzene rings is 1. The Morgan fingerprint density at radius 3 is 2.59 bits per heavy atom. The molecule has 0 aliphatic heterocycles. The molecule has 0 radical (unpaired) electrons. The molecule has 2 N–H and O–H groups in total. The summed E-state index contributed by atoms with van der Waals surface area (Å²) in [6, 6.07) is 13.8. The minimum atomic E-state index is 0.290. The molecule has 84 valence electrons. The lowest BCUT2D eigenvalue weighted by Gasteiger charge is -2.07. The van der Waals surface area contributed by atoms with Crippen LogP contribution >= 0.6 is 11.8 Å². The molecule has 0 saturated heterocycles. The number of nitrogens with two attached hydrogens (primary N) is 1. The third kappa shape index (κ3) is 2.24. The second-order valence-electron chi connectivity index (χ2n) is 3.45. The Bertz CT molecular complexity index is 573. The number of hydrogen-bond acceptors (Lipinski definition) is 4. The van der Waals surface area contributed by atoms with Gasteiger partial charge in [-0.05, 0) is 12.3 Å². The molecule has 17 heavy (non-hydrogen) atoms. The molecule has 0 aliphatic rings. The van der Waals surface area contributed by atoms with Gasteiger partial charge >= 0.3 is 0 Å². The van der Waals surface area contributed by atoms with Gasteiger partial charge in [0.15, 0.2) is 0 Å². The van der Waals surface area contributed by atoms with Crippen LogP contribution in [-0.4, -0.2) is 11.2 Å². The first kappa shape index (κ1) is 11.5. The average Bonchev–Trinajstić information content (AvgIpc) is 2.38. The van der Waals surface area contributed by atoms with E-state index in [1.807, 2.05) is 42.7 Å². The molecule has 2 rings (SSSR count). The maximum atomic E-state index is 9.01. The molecule has 0 fully saturated rings. The van der Waals surface area contributed by atoms with Crippen molar-refractivity contribution in [3.05, 3.63) is 42.0 Å². The molecule has 0 saturated carbocycles. The van der Waals surface area contributed by atoms with Crippen molar-refractivity contribution < 1.29 is 0 Å². The Kier molecular flexibility index (Phi) is 3.31. The van der Waals surface area contributed by atoms with Gasteiger partial charge in [0.05, 0.1) is 5.69 Å². The van der Waals surface area contributed by atoms with E-state index < -0.39 is 0 Å². The van der Waals surface area contributed by atoms with Gasteiger partial charge in [0.25, 0.3) is 0 Å². The van der Waals surface area contributed by atoms with Gasteiger partial charge in [-0.3, -0.25) is 0 Å². The highest BCUT2D eigenvalue weighted by Gasteiger charge is 2.10. The third-order valence-corrected chi connectivity index (χ3v) is 3.17. The highest BCUT2D eigenvalue weighted by molar-refractivity contribution is 7.98. The van der Waals surface area contributed by atoms with Crippen LogP contribution in [0.3, 0.4) is 0 Å². The van der Waals surface area contributed by atoms with E-state index in [4.69, 9.17) is 11.0 Å². The van der Waals surface area contributed by atoms with Crippen LogP contribution in [0.4, 0.5) is 5.82 Å². The van der Waals surface area contributed by atoms with E-state index in [-0.39, 0.29) is 0 Å². The van der Waals surface area contributed by atoms with Crippen molar-refractivity contribution in [2.45, 2.75) is 4.90 Å². The van der Waals surface area contributed by atoms with Gasteiger partial charge in [0, 0.05) is 10.5 Å². The fraction of sp³-hybridized carbons (Fsp3) is 0.0769. The van der Waals surface area contributed by atoms with Crippen molar-refractivity contribution in [3.63, 3.8) is 0 Å². The number of anilines is 1. The summed E-state index contributed by atoms with van der Waals surface area (Å²) < 4.78 is 0. The molecule has 0 aliphatic carbocycles. The molecule has 0 spiro atoms. The molecule has 0 amide bonds. The number of nitrogens with zero attached hydrogens (tertiary/aromatic N) is 2. The first-order valence-corrected chi connectivity index (χ1v) is 6.28. The fourth-order valence-electron chi connectivity index (χ4n) is 1.57. The monoisotopic (exact) mass is 241 g/mol. The van der Waals surface area contributed by atoms with E-state index in [1.54, 1.807) is 0 Å². The summed E-state index contributed by atoms with van der Waals surface area (Å²) in [5.74, 6) is 0.290. The summed E-state index contributed by atoms with van der Waals surface area (Å²) in [5, 5.41) is 9.01. The number of nitrogen functional groups attached to an aromatic ring is 1. The summed E-state index contributed by atoms with van der Waals surface area (Å²) in [4.78, 5) is 5.12. The van der Waals surface area contributed by atoms with Gasteiger partial charge in [0.1, 0.15) is 17.5 Å². The predicted molar refractivity (Wildman–Crippen MR) is 70.6 cm³/mol. The van der Waals surface area contributed by atoms with E-state index in [0.29, 0.717) is 11.4 Å². The maximum Gasteiger partial charge on any atom is 0.143 e. The standard InChI is InChI=1S/C13H11N3S/c1-17-12-7-11(9-5-3-2-4-6-9)16-13(15)10(12)8-14/h2-7H,1H3,(H2,15,16). The zero-order chi connectivity index (χ0) is 12.3. The second-order valence-corrected chi connectivity index (χ2v) is 4.30. The number of pyridine rings is 1. The summed E-state index contributed by atoms with van der Waals surface area (Å²) >= 11 is 1.50. The largest absolute Gasteiger partial charge is 0.383 e. The van der Waals surface area contributed by atoms with Crippen LogP contribution < -0.4 is 5.73 Å². The van der Waals surface area contributed by atoms with Crippen molar-refractivity contribution in [1.82, 2.24) is 4.98 Å². The van der Waals surface area contributed by atoms with Gasteiger partial charge in [-0.2, -0.15) is 5.26 Å². The molecule has 0 atom stereocenters. The van der Waals surface area contributed by atoms with Crippen molar-refractivity contribution in [3.8, 4) is 17.3 Å². The van der Waals surface area contributed by atoms with Crippen LogP contribution in [0.25, 0.3) is 11.3 Å². The van der Waals surface area contributed by atoms with Gasteiger partial charge < -0.3 is 5.73 Å². The maximum absolute atomic E-state index is 9.01. The Morgan fingerprint density at radius 2 is 2.00 bits per heavy atom. The quantitative estimate of drug-likeness (QED) is 0.821. The molecular weight excluding hydrogens is 230 g/mol. The van der Waals surface area contributed by atoms with E-state index in [2.05, 4.69) is 11.1 Å². The number of hydrogen-bond donors (Lipinski definition) is 1. The lowest BCUT2D eigenvalue weighted by Crippen LogP contribution is -1.98. The molecule has 3 nitrogen and oxygen atoms in total. The molecule has 1 heterocycles. The SMILES string of the molecule is CSc1cc(-c2ccccc2)nc(N)c1C#N.